The van der Waals surface area contributed by atoms with E-state index in [1.807, 2.05) is 0 Å². The van der Waals surface area contributed by atoms with Crippen molar-refractivity contribution in [2.75, 3.05) is 6.54 Å². The molecule has 2 N–H and O–H groups in total. The molecule has 0 spiro atoms. The largest absolute Gasteiger partial charge is 0.330 e. The van der Waals surface area contributed by atoms with E-state index in [1.165, 1.54) is 0 Å². The number of fused-ring (bicyclic) bond motifs is 1. The summed E-state index contributed by atoms with van der Waals surface area (Å²) >= 11 is 0. The van der Waals surface area contributed by atoms with Crippen LogP contribution in [-0.2, 0) is 0 Å². The van der Waals surface area contributed by atoms with Crippen LogP contribution in [-0.4, -0.2) is 12.5 Å². The number of alkyl halides is 2. The molecule has 2 atom stereocenters. The SMILES string of the molecule is NCC1C[C@@H]2[C@@H](C1)C2(F)F. The second kappa shape index (κ2) is 1.70. The maximum atomic E-state index is 12.5. The summed E-state index contributed by atoms with van der Waals surface area (Å²) in [5, 5.41) is 0. The van der Waals surface area contributed by atoms with Crippen LogP contribution in [0.1, 0.15) is 12.8 Å². The summed E-state index contributed by atoms with van der Waals surface area (Å²) in [5.74, 6) is -2.54. The lowest BCUT2D eigenvalue weighted by molar-refractivity contribution is 0.0646. The van der Waals surface area contributed by atoms with Crippen molar-refractivity contribution in [1.82, 2.24) is 0 Å². The molecule has 2 aliphatic carbocycles. The zero-order valence-corrected chi connectivity index (χ0v) is 5.69. The standard InChI is InChI=1S/C7H11F2N/c8-7(9)5-1-4(3-10)2-6(5)7/h4-6H,1-3,10H2/t5-,6-/m1/s1. The Hall–Kier alpha value is -0.180. The van der Waals surface area contributed by atoms with Gasteiger partial charge in [0.15, 0.2) is 0 Å². The zero-order chi connectivity index (χ0) is 7.35. The van der Waals surface area contributed by atoms with Crippen LogP contribution in [0.3, 0.4) is 0 Å². The monoisotopic (exact) mass is 147 g/mol. The highest BCUT2D eigenvalue weighted by Gasteiger charge is 2.71. The normalized spacial score (nSPS) is 43.5. The molecular weight excluding hydrogens is 136 g/mol. The van der Waals surface area contributed by atoms with Gasteiger partial charge in [0.2, 0.25) is 0 Å². The fourth-order valence-corrected chi connectivity index (χ4v) is 2.11. The summed E-state index contributed by atoms with van der Waals surface area (Å²) < 4.78 is 25.0. The first-order chi connectivity index (χ1) is 4.66. The maximum Gasteiger partial charge on any atom is 0.254 e. The summed E-state index contributed by atoms with van der Waals surface area (Å²) in [7, 11) is 0. The summed E-state index contributed by atoms with van der Waals surface area (Å²) in [6.45, 7) is 0.586. The number of halogens is 2. The Bertz CT molecular complexity index is 144. The third kappa shape index (κ3) is 0.641. The molecule has 0 amide bonds. The lowest BCUT2D eigenvalue weighted by Gasteiger charge is -2.09. The molecule has 0 aromatic carbocycles. The molecule has 0 aromatic heterocycles. The first kappa shape index (κ1) is 6.53. The number of nitrogens with two attached hydrogens (primary N) is 1. The third-order valence-electron chi connectivity index (χ3n) is 2.87. The predicted octanol–water partition coefficient (Wildman–Crippen LogP) is 1.24. The highest BCUT2D eigenvalue weighted by molar-refractivity contribution is 5.10. The second-order valence-electron chi connectivity index (χ2n) is 3.46. The molecule has 0 bridgehead atoms. The molecule has 1 nitrogen and oxygen atoms in total. The van der Waals surface area contributed by atoms with Gasteiger partial charge < -0.3 is 5.73 Å². The van der Waals surface area contributed by atoms with Crippen LogP contribution in [0.5, 0.6) is 0 Å². The van der Waals surface area contributed by atoms with E-state index in [9.17, 15) is 8.78 Å². The molecule has 0 unspecified atom stereocenters. The Morgan fingerprint density at radius 3 is 2.20 bits per heavy atom. The Morgan fingerprint density at radius 1 is 1.30 bits per heavy atom. The van der Waals surface area contributed by atoms with Gasteiger partial charge in [-0.25, -0.2) is 8.78 Å². The lowest BCUT2D eigenvalue weighted by Crippen LogP contribution is -2.16. The van der Waals surface area contributed by atoms with Crippen LogP contribution >= 0.6 is 0 Å². The molecule has 3 heteroatoms. The number of rotatable bonds is 1. The van der Waals surface area contributed by atoms with Crippen LogP contribution in [0.2, 0.25) is 0 Å². The van der Waals surface area contributed by atoms with Gasteiger partial charge >= 0.3 is 0 Å². The number of hydrogen-bond acceptors (Lipinski definition) is 1. The first-order valence-corrected chi connectivity index (χ1v) is 3.74. The Kier molecular flexibility index (Phi) is 1.11. The highest BCUT2D eigenvalue weighted by atomic mass is 19.3. The van der Waals surface area contributed by atoms with Gasteiger partial charge in [0.05, 0.1) is 0 Å². The van der Waals surface area contributed by atoms with Crippen molar-refractivity contribution < 1.29 is 8.78 Å². The van der Waals surface area contributed by atoms with Crippen LogP contribution in [0.4, 0.5) is 8.78 Å². The summed E-state index contributed by atoms with van der Waals surface area (Å²) in [5.41, 5.74) is 5.36. The van der Waals surface area contributed by atoms with Crippen molar-refractivity contribution in [2.24, 2.45) is 23.5 Å². The third-order valence-corrected chi connectivity index (χ3v) is 2.87. The van der Waals surface area contributed by atoms with Crippen molar-refractivity contribution in [3.05, 3.63) is 0 Å². The van der Waals surface area contributed by atoms with Crippen molar-refractivity contribution >= 4 is 0 Å². The van der Waals surface area contributed by atoms with E-state index < -0.39 is 5.92 Å². The van der Waals surface area contributed by atoms with Crippen LogP contribution in [0.15, 0.2) is 0 Å². The average molecular weight is 147 g/mol. The molecule has 2 aliphatic rings. The van der Waals surface area contributed by atoms with E-state index in [4.69, 9.17) is 5.73 Å². The average Bonchev–Trinajstić information content (AvgIpc) is 2.37. The molecular formula is C7H11F2N. The zero-order valence-electron chi connectivity index (χ0n) is 5.69. The van der Waals surface area contributed by atoms with E-state index in [1.54, 1.807) is 0 Å². The van der Waals surface area contributed by atoms with E-state index in [0.29, 0.717) is 25.3 Å². The van der Waals surface area contributed by atoms with Crippen molar-refractivity contribution in [3.63, 3.8) is 0 Å². The van der Waals surface area contributed by atoms with Gasteiger partial charge in [-0.15, -0.1) is 0 Å². The van der Waals surface area contributed by atoms with Gasteiger partial charge in [0, 0.05) is 11.8 Å². The van der Waals surface area contributed by atoms with Crippen LogP contribution < -0.4 is 5.73 Å². The molecule has 0 saturated heterocycles. The quantitative estimate of drug-likeness (QED) is 0.593. The number of hydrogen-bond donors (Lipinski definition) is 1. The molecule has 2 saturated carbocycles. The molecule has 10 heavy (non-hydrogen) atoms. The van der Waals surface area contributed by atoms with Crippen molar-refractivity contribution in [3.8, 4) is 0 Å². The molecule has 0 radical (unpaired) electrons. The topological polar surface area (TPSA) is 26.0 Å². The Labute approximate surface area is 58.6 Å². The molecule has 2 rings (SSSR count). The summed E-state index contributed by atoms with van der Waals surface area (Å²) in [6, 6.07) is 0. The van der Waals surface area contributed by atoms with Gasteiger partial charge in [-0.05, 0) is 25.3 Å². The lowest BCUT2D eigenvalue weighted by atomic mass is 10.0. The van der Waals surface area contributed by atoms with Gasteiger partial charge in [0.25, 0.3) is 5.92 Å². The van der Waals surface area contributed by atoms with Crippen molar-refractivity contribution in [1.29, 1.82) is 0 Å². The van der Waals surface area contributed by atoms with E-state index in [0.717, 1.165) is 0 Å². The Balaban J connectivity index is 1.96. The van der Waals surface area contributed by atoms with E-state index in [2.05, 4.69) is 0 Å². The predicted molar refractivity (Wildman–Crippen MR) is 33.7 cm³/mol. The van der Waals surface area contributed by atoms with Crippen LogP contribution in [0, 0.1) is 17.8 Å². The molecule has 0 aromatic rings. The summed E-state index contributed by atoms with van der Waals surface area (Å²) in [4.78, 5) is 0. The molecule has 58 valence electrons. The highest BCUT2D eigenvalue weighted by Crippen LogP contribution is 2.65. The fraction of sp³-hybridized carbons (Fsp3) is 1.00. The van der Waals surface area contributed by atoms with Gasteiger partial charge in [-0.1, -0.05) is 0 Å². The minimum absolute atomic E-state index is 0.305. The molecule has 2 fully saturated rings. The maximum absolute atomic E-state index is 12.5. The first-order valence-electron chi connectivity index (χ1n) is 3.74. The van der Waals surface area contributed by atoms with Gasteiger partial charge in [0.1, 0.15) is 0 Å². The molecule has 0 aliphatic heterocycles. The summed E-state index contributed by atoms with van der Waals surface area (Å²) in [6.07, 6.45) is 1.32. The van der Waals surface area contributed by atoms with Crippen LogP contribution in [0.25, 0.3) is 0 Å². The Morgan fingerprint density at radius 2 is 1.80 bits per heavy atom. The second-order valence-corrected chi connectivity index (χ2v) is 3.46. The minimum atomic E-state index is -2.31. The van der Waals surface area contributed by atoms with Crippen molar-refractivity contribution in [2.45, 2.75) is 18.8 Å². The smallest absolute Gasteiger partial charge is 0.254 e. The van der Waals surface area contributed by atoms with Gasteiger partial charge in [-0.2, -0.15) is 0 Å². The fourth-order valence-electron chi connectivity index (χ4n) is 2.11. The molecule has 0 heterocycles. The minimum Gasteiger partial charge on any atom is -0.330 e. The van der Waals surface area contributed by atoms with E-state index in [-0.39, 0.29) is 11.8 Å². The van der Waals surface area contributed by atoms with E-state index >= 15 is 0 Å². The van der Waals surface area contributed by atoms with Gasteiger partial charge in [-0.3, -0.25) is 0 Å².